The Hall–Kier alpha value is -2.58. The van der Waals surface area contributed by atoms with Crippen molar-refractivity contribution in [1.29, 1.82) is 0 Å². The van der Waals surface area contributed by atoms with Crippen LogP contribution in [0.25, 0.3) is 5.52 Å². The second-order valence-electron chi connectivity index (χ2n) is 4.47. The molecule has 110 valence electrons. The molecule has 21 heavy (non-hydrogen) atoms. The number of H-pyrrole nitrogens is 1. The maximum Gasteiger partial charge on any atom is 0.435 e. The molecule has 3 aromatic rings. The van der Waals surface area contributed by atoms with Crippen molar-refractivity contribution in [2.24, 2.45) is 0 Å². The maximum absolute atomic E-state index is 12.7. The van der Waals surface area contributed by atoms with E-state index in [0.29, 0.717) is 11.6 Å². The fourth-order valence-corrected chi connectivity index (χ4v) is 1.96. The van der Waals surface area contributed by atoms with Gasteiger partial charge in [0.15, 0.2) is 11.5 Å². The zero-order valence-corrected chi connectivity index (χ0v) is 10.9. The molecular formula is C12H11F3N6. The zero-order chi connectivity index (χ0) is 15.0. The third-order valence-corrected chi connectivity index (χ3v) is 2.96. The summed E-state index contributed by atoms with van der Waals surface area (Å²) < 4.78 is 39.3. The van der Waals surface area contributed by atoms with Crippen molar-refractivity contribution in [3.8, 4) is 0 Å². The molecule has 0 saturated carbocycles. The van der Waals surface area contributed by atoms with Crippen molar-refractivity contribution in [3.63, 3.8) is 0 Å². The monoisotopic (exact) mass is 296 g/mol. The van der Waals surface area contributed by atoms with Crippen LogP contribution in [0.4, 0.5) is 19.0 Å². The van der Waals surface area contributed by atoms with E-state index in [9.17, 15) is 13.2 Å². The largest absolute Gasteiger partial charge is 0.435 e. The molecule has 0 fully saturated rings. The van der Waals surface area contributed by atoms with Gasteiger partial charge in [-0.1, -0.05) is 0 Å². The number of alkyl halides is 3. The highest BCUT2D eigenvalue weighted by Gasteiger charge is 2.34. The van der Waals surface area contributed by atoms with Crippen LogP contribution in [0.15, 0.2) is 30.9 Å². The van der Waals surface area contributed by atoms with E-state index in [0.717, 1.165) is 10.6 Å². The number of hydrogen-bond donors (Lipinski definition) is 2. The first-order valence-corrected chi connectivity index (χ1v) is 6.12. The molecule has 0 aliphatic heterocycles. The summed E-state index contributed by atoms with van der Waals surface area (Å²) in [5.74, 6) is 0.971. The lowest BCUT2D eigenvalue weighted by atomic mass is 10.3. The SMILES string of the molecule is CC(Nc1nccn2nc(C(F)(F)F)cc12)c1ncc[nH]1. The van der Waals surface area contributed by atoms with E-state index < -0.39 is 11.9 Å². The number of hydrogen-bond acceptors (Lipinski definition) is 4. The van der Waals surface area contributed by atoms with Crippen molar-refractivity contribution in [2.45, 2.75) is 19.1 Å². The Labute approximate surface area is 117 Å². The highest BCUT2D eigenvalue weighted by Crippen LogP contribution is 2.30. The van der Waals surface area contributed by atoms with E-state index in [4.69, 9.17) is 0 Å². The fraction of sp³-hybridized carbons (Fsp3) is 0.250. The van der Waals surface area contributed by atoms with E-state index in [2.05, 4.69) is 25.4 Å². The van der Waals surface area contributed by atoms with Crippen LogP contribution in [0.5, 0.6) is 0 Å². The quantitative estimate of drug-likeness (QED) is 0.779. The van der Waals surface area contributed by atoms with Gasteiger partial charge in [-0.25, -0.2) is 14.5 Å². The van der Waals surface area contributed by atoms with Gasteiger partial charge < -0.3 is 10.3 Å². The summed E-state index contributed by atoms with van der Waals surface area (Å²) in [5.41, 5.74) is -0.701. The Morgan fingerprint density at radius 3 is 2.76 bits per heavy atom. The fourth-order valence-electron chi connectivity index (χ4n) is 1.96. The van der Waals surface area contributed by atoms with Crippen LogP contribution >= 0.6 is 0 Å². The molecule has 3 rings (SSSR count). The van der Waals surface area contributed by atoms with Crippen LogP contribution < -0.4 is 5.32 Å². The molecule has 0 amide bonds. The van der Waals surface area contributed by atoms with Crippen LogP contribution in [0.3, 0.4) is 0 Å². The molecule has 6 nitrogen and oxygen atoms in total. The van der Waals surface area contributed by atoms with Gasteiger partial charge >= 0.3 is 6.18 Å². The average Bonchev–Trinajstić information content (AvgIpc) is 3.07. The number of imidazole rings is 1. The van der Waals surface area contributed by atoms with Crippen molar-refractivity contribution in [3.05, 3.63) is 42.4 Å². The van der Waals surface area contributed by atoms with Gasteiger partial charge in [0, 0.05) is 30.9 Å². The topological polar surface area (TPSA) is 70.9 Å². The first-order chi connectivity index (χ1) is 9.95. The van der Waals surface area contributed by atoms with Crippen molar-refractivity contribution in [2.75, 3.05) is 5.32 Å². The lowest BCUT2D eigenvalue weighted by molar-refractivity contribution is -0.141. The number of fused-ring (bicyclic) bond motifs is 1. The highest BCUT2D eigenvalue weighted by atomic mass is 19.4. The molecule has 1 unspecified atom stereocenters. The molecule has 0 aliphatic carbocycles. The normalized spacial score (nSPS) is 13.5. The van der Waals surface area contributed by atoms with E-state index >= 15 is 0 Å². The van der Waals surface area contributed by atoms with Gasteiger partial charge in [0.05, 0.1) is 6.04 Å². The van der Waals surface area contributed by atoms with Gasteiger partial charge in [-0.3, -0.25) is 0 Å². The lowest BCUT2D eigenvalue weighted by Gasteiger charge is -2.12. The van der Waals surface area contributed by atoms with Gasteiger partial charge in [0.1, 0.15) is 11.3 Å². The number of rotatable bonds is 3. The van der Waals surface area contributed by atoms with Gasteiger partial charge in [-0.05, 0) is 6.92 Å². The van der Waals surface area contributed by atoms with Crippen molar-refractivity contribution in [1.82, 2.24) is 24.6 Å². The van der Waals surface area contributed by atoms with Gasteiger partial charge in [0.25, 0.3) is 0 Å². The molecule has 0 radical (unpaired) electrons. The number of nitrogens with zero attached hydrogens (tertiary/aromatic N) is 4. The maximum atomic E-state index is 12.7. The molecule has 0 aromatic carbocycles. The summed E-state index contributed by atoms with van der Waals surface area (Å²) in [5, 5.41) is 6.52. The summed E-state index contributed by atoms with van der Waals surface area (Å²) >= 11 is 0. The second-order valence-corrected chi connectivity index (χ2v) is 4.47. The number of aromatic nitrogens is 5. The number of nitrogens with one attached hydrogen (secondary N) is 2. The minimum Gasteiger partial charge on any atom is -0.359 e. The van der Waals surface area contributed by atoms with Crippen molar-refractivity contribution >= 4 is 11.3 Å². The van der Waals surface area contributed by atoms with E-state index in [-0.39, 0.29) is 11.6 Å². The molecule has 9 heteroatoms. The summed E-state index contributed by atoms with van der Waals surface area (Å²) in [7, 11) is 0. The minimum atomic E-state index is -4.49. The van der Waals surface area contributed by atoms with Crippen LogP contribution in [0.1, 0.15) is 24.5 Å². The van der Waals surface area contributed by atoms with Gasteiger partial charge in [-0.2, -0.15) is 18.3 Å². The molecule has 0 bridgehead atoms. The first kappa shape index (κ1) is 13.4. The van der Waals surface area contributed by atoms with Crippen LogP contribution in [0, 0.1) is 0 Å². The average molecular weight is 296 g/mol. The van der Waals surface area contributed by atoms with E-state index in [1.54, 1.807) is 12.4 Å². The minimum absolute atomic E-state index is 0.233. The number of halogens is 3. The molecule has 3 heterocycles. The third-order valence-electron chi connectivity index (χ3n) is 2.96. The molecule has 0 saturated heterocycles. The van der Waals surface area contributed by atoms with Crippen molar-refractivity contribution < 1.29 is 13.2 Å². The van der Waals surface area contributed by atoms with Crippen LogP contribution in [-0.4, -0.2) is 24.6 Å². The zero-order valence-electron chi connectivity index (χ0n) is 10.9. The molecule has 2 N–H and O–H groups in total. The molecule has 3 aromatic heterocycles. The Morgan fingerprint density at radius 1 is 1.29 bits per heavy atom. The smallest absolute Gasteiger partial charge is 0.359 e. The van der Waals surface area contributed by atoms with Crippen LogP contribution in [-0.2, 0) is 6.18 Å². The summed E-state index contributed by atoms with van der Waals surface area (Å²) in [6.45, 7) is 1.82. The summed E-state index contributed by atoms with van der Waals surface area (Å²) in [6, 6.07) is 0.729. The summed E-state index contributed by atoms with van der Waals surface area (Å²) in [4.78, 5) is 11.1. The molecule has 0 aliphatic rings. The Kier molecular flexibility index (Phi) is 3.04. The second kappa shape index (κ2) is 4.76. The predicted octanol–water partition coefficient (Wildman–Crippen LogP) is 2.64. The highest BCUT2D eigenvalue weighted by molar-refractivity contribution is 5.68. The van der Waals surface area contributed by atoms with E-state index in [1.807, 2.05) is 6.92 Å². The predicted molar refractivity (Wildman–Crippen MR) is 68.6 cm³/mol. The number of anilines is 1. The van der Waals surface area contributed by atoms with Gasteiger partial charge in [-0.15, -0.1) is 0 Å². The Bertz CT molecular complexity index is 746. The third kappa shape index (κ3) is 2.54. The van der Waals surface area contributed by atoms with Crippen LogP contribution in [0.2, 0.25) is 0 Å². The lowest BCUT2D eigenvalue weighted by Crippen LogP contribution is -2.10. The summed E-state index contributed by atoms with van der Waals surface area (Å²) in [6.07, 6.45) is 1.53. The number of aromatic amines is 1. The van der Waals surface area contributed by atoms with E-state index in [1.165, 1.54) is 12.4 Å². The standard InChI is InChI=1S/C12H11F3N6/c1-7(10-16-2-3-17-10)19-11-8-6-9(12(13,14)15)20-21(8)5-4-18-11/h2-7H,1H3,(H,16,17)(H,18,19). The molecule has 0 spiro atoms. The molecule has 1 atom stereocenters. The Morgan fingerprint density at radius 2 is 2.10 bits per heavy atom. The molecular weight excluding hydrogens is 285 g/mol. The first-order valence-electron chi connectivity index (χ1n) is 6.12. The Balaban J connectivity index is 1.97. The van der Waals surface area contributed by atoms with Gasteiger partial charge in [0.2, 0.25) is 0 Å².